The summed E-state index contributed by atoms with van der Waals surface area (Å²) < 4.78 is 5.92. The van der Waals surface area contributed by atoms with Crippen molar-refractivity contribution in [2.45, 2.75) is 77.5 Å². The molecule has 1 aliphatic heterocycles. The van der Waals surface area contributed by atoms with E-state index in [-0.39, 0.29) is 17.8 Å². The number of aliphatic imine (C=N–C) groups is 1. The van der Waals surface area contributed by atoms with E-state index >= 15 is 0 Å². The number of aromatic nitrogens is 1. The van der Waals surface area contributed by atoms with Crippen LogP contribution in [-0.2, 0) is 4.74 Å². The molecule has 1 amide bonds. The van der Waals surface area contributed by atoms with E-state index < -0.39 is 0 Å². The van der Waals surface area contributed by atoms with Gasteiger partial charge in [-0.3, -0.25) is 4.79 Å². The third kappa shape index (κ3) is 5.36. The number of piperidine rings is 1. The number of nitrogens with one attached hydrogen (secondary N) is 1. The SMILES string of the molecule is COC1CN(c2nc3cc(C)c(C)cc3cc2C(=O)N=C(C)N)CCC1NC1CCCCC1. The molecule has 1 aromatic carbocycles. The first-order valence-corrected chi connectivity index (χ1v) is 12.2. The number of carbonyl (C=O) groups excluding carboxylic acids is 1. The van der Waals surface area contributed by atoms with Gasteiger partial charge in [0.2, 0.25) is 0 Å². The number of aryl methyl sites for hydroxylation is 2. The fourth-order valence-corrected chi connectivity index (χ4v) is 5.16. The maximum atomic E-state index is 13.0. The van der Waals surface area contributed by atoms with Crippen molar-refractivity contribution < 1.29 is 9.53 Å². The number of amidine groups is 1. The Hall–Kier alpha value is -2.51. The molecule has 2 aromatic rings. The topological polar surface area (TPSA) is 92.8 Å². The minimum Gasteiger partial charge on any atom is -0.387 e. The summed E-state index contributed by atoms with van der Waals surface area (Å²) in [7, 11) is 1.78. The monoisotopic (exact) mass is 451 g/mol. The smallest absolute Gasteiger partial charge is 0.282 e. The number of nitrogens with zero attached hydrogens (tertiary/aromatic N) is 3. The van der Waals surface area contributed by atoms with Gasteiger partial charge in [0.1, 0.15) is 11.7 Å². The maximum Gasteiger partial charge on any atom is 0.282 e. The molecule has 3 N–H and O–H groups in total. The lowest BCUT2D eigenvalue weighted by Gasteiger charge is -2.41. The van der Waals surface area contributed by atoms with Crippen molar-refractivity contribution in [1.29, 1.82) is 0 Å². The highest BCUT2D eigenvalue weighted by atomic mass is 16.5. The number of benzene rings is 1. The maximum absolute atomic E-state index is 13.0. The van der Waals surface area contributed by atoms with Crippen LogP contribution in [0.1, 0.15) is 66.9 Å². The van der Waals surface area contributed by atoms with E-state index in [1.165, 1.54) is 43.2 Å². The zero-order chi connectivity index (χ0) is 23.5. The third-order valence-electron chi connectivity index (χ3n) is 7.13. The van der Waals surface area contributed by atoms with Gasteiger partial charge in [0.15, 0.2) is 0 Å². The second kappa shape index (κ2) is 10.2. The molecule has 1 aliphatic carbocycles. The molecular formula is C26H37N5O2. The van der Waals surface area contributed by atoms with Crippen molar-refractivity contribution in [2.75, 3.05) is 25.1 Å². The lowest BCUT2D eigenvalue weighted by Crippen LogP contribution is -2.56. The highest BCUT2D eigenvalue weighted by Crippen LogP contribution is 2.30. The standard InChI is InChI=1S/C26H37N5O2/c1-16-12-19-14-21(26(32)28-18(3)27)25(30-23(19)13-17(16)2)31-11-10-22(24(15-31)33-4)29-20-8-6-5-7-9-20/h12-14,20,22,24,29H,5-11,15H2,1-4H3,(H2,27,28,32). The Kier molecular flexibility index (Phi) is 7.29. The van der Waals surface area contributed by atoms with Gasteiger partial charge in [0.05, 0.1) is 17.2 Å². The molecule has 7 nitrogen and oxygen atoms in total. The molecule has 0 spiro atoms. The van der Waals surface area contributed by atoms with Gasteiger partial charge in [-0.15, -0.1) is 0 Å². The lowest BCUT2D eigenvalue weighted by atomic mass is 9.92. The molecule has 2 aliphatic rings. The molecule has 2 atom stereocenters. The fraction of sp³-hybridized carbons (Fsp3) is 0.577. The summed E-state index contributed by atoms with van der Waals surface area (Å²) in [5.74, 6) is 0.560. The number of pyridine rings is 1. The van der Waals surface area contributed by atoms with Crippen molar-refractivity contribution in [3.63, 3.8) is 0 Å². The lowest BCUT2D eigenvalue weighted by molar-refractivity contribution is 0.0533. The van der Waals surface area contributed by atoms with Gasteiger partial charge >= 0.3 is 0 Å². The number of anilines is 1. The van der Waals surface area contributed by atoms with Crippen molar-refractivity contribution in [2.24, 2.45) is 10.7 Å². The second-order valence-corrected chi connectivity index (χ2v) is 9.66. The molecule has 1 saturated carbocycles. The average molecular weight is 452 g/mol. The van der Waals surface area contributed by atoms with E-state index in [4.69, 9.17) is 15.5 Å². The third-order valence-corrected chi connectivity index (χ3v) is 7.13. The Bertz CT molecular complexity index is 1040. The Morgan fingerprint density at radius 1 is 1.15 bits per heavy atom. The number of nitrogens with two attached hydrogens (primary N) is 1. The van der Waals surface area contributed by atoms with Crippen LogP contribution in [0.4, 0.5) is 5.82 Å². The van der Waals surface area contributed by atoms with E-state index in [0.29, 0.717) is 30.0 Å². The molecule has 178 valence electrons. The summed E-state index contributed by atoms with van der Waals surface area (Å²) in [6.07, 6.45) is 7.42. The number of hydrogen-bond acceptors (Lipinski definition) is 5. The molecule has 0 radical (unpaired) electrons. The van der Waals surface area contributed by atoms with Crippen LogP contribution in [0.5, 0.6) is 0 Å². The zero-order valence-electron chi connectivity index (χ0n) is 20.4. The van der Waals surface area contributed by atoms with E-state index in [1.807, 2.05) is 6.07 Å². The largest absolute Gasteiger partial charge is 0.387 e. The molecule has 2 fully saturated rings. The highest BCUT2D eigenvalue weighted by molar-refractivity contribution is 6.07. The van der Waals surface area contributed by atoms with Crippen LogP contribution in [-0.4, -0.2) is 55.1 Å². The van der Waals surface area contributed by atoms with E-state index in [2.05, 4.69) is 41.2 Å². The van der Waals surface area contributed by atoms with Gasteiger partial charge in [0, 0.05) is 37.7 Å². The first-order valence-electron chi connectivity index (χ1n) is 12.2. The van der Waals surface area contributed by atoms with Crippen LogP contribution in [0.25, 0.3) is 10.9 Å². The minimum atomic E-state index is -0.353. The van der Waals surface area contributed by atoms with Crippen molar-refractivity contribution >= 4 is 28.5 Å². The van der Waals surface area contributed by atoms with Crippen LogP contribution in [0, 0.1) is 13.8 Å². The Morgan fingerprint density at radius 2 is 1.88 bits per heavy atom. The number of carbonyl (C=O) groups is 1. The fourth-order valence-electron chi connectivity index (χ4n) is 5.16. The van der Waals surface area contributed by atoms with Gasteiger partial charge in [-0.2, -0.15) is 4.99 Å². The van der Waals surface area contributed by atoms with Crippen LogP contribution in [0.2, 0.25) is 0 Å². The van der Waals surface area contributed by atoms with E-state index in [9.17, 15) is 4.79 Å². The number of fused-ring (bicyclic) bond motifs is 1. The van der Waals surface area contributed by atoms with Crippen LogP contribution < -0.4 is 16.0 Å². The summed E-state index contributed by atoms with van der Waals surface area (Å²) in [6, 6.07) is 6.97. The minimum absolute atomic E-state index is 0.0284. The first kappa shape index (κ1) is 23.6. The molecule has 1 aromatic heterocycles. The average Bonchev–Trinajstić information content (AvgIpc) is 2.79. The molecular weight excluding hydrogens is 414 g/mol. The second-order valence-electron chi connectivity index (χ2n) is 9.66. The molecule has 4 rings (SSSR count). The highest BCUT2D eigenvalue weighted by Gasteiger charge is 2.33. The predicted octanol–water partition coefficient (Wildman–Crippen LogP) is 3.88. The quantitative estimate of drug-likeness (QED) is 0.529. The van der Waals surface area contributed by atoms with E-state index in [1.54, 1.807) is 14.0 Å². The first-order chi connectivity index (χ1) is 15.9. The van der Waals surface area contributed by atoms with Gasteiger partial charge < -0.3 is 20.7 Å². The molecule has 1 saturated heterocycles. The van der Waals surface area contributed by atoms with Crippen molar-refractivity contribution in [3.05, 3.63) is 34.9 Å². The Labute approximate surface area is 196 Å². The number of amides is 1. The number of hydrogen-bond donors (Lipinski definition) is 2. The number of ether oxygens (including phenoxy) is 1. The van der Waals surface area contributed by atoms with E-state index in [0.717, 1.165) is 23.9 Å². The van der Waals surface area contributed by atoms with Crippen LogP contribution in [0.3, 0.4) is 0 Å². The van der Waals surface area contributed by atoms with Crippen LogP contribution in [0.15, 0.2) is 23.2 Å². The van der Waals surface area contributed by atoms with Gasteiger partial charge in [-0.1, -0.05) is 19.3 Å². The molecule has 2 heterocycles. The Morgan fingerprint density at radius 3 is 2.58 bits per heavy atom. The normalized spacial score (nSPS) is 22.7. The van der Waals surface area contributed by atoms with Gasteiger partial charge in [-0.25, -0.2) is 4.98 Å². The van der Waals surface area contributed by atoms with Crippen molar-refractivity contribution in [1.82, 2.24) is 10.3 Å². The number of methoxy groups -OCH3 is 1. The summed E-state index contributed by atoms with van der Waals surface area (Å²) in [5.41, 5.74) is 9.46. The molecule has 7 heteroatoms. The molecule has 0 bridgehead atoms. The predicted molar refractivity (Wildman–Crippen MR) is 134 cm³/mol. The summed E-state index contributed by atoms with van der Waals surface area (Å²) in [6.45, 7) is 7.26. The summed E-state index contributed by atoms with van der Waals surface area (Å²) in [4.78, 5) is 24.2. The summed E-state index contributed by atoms with van der Waals surface area (Å²) >= 11 is 0. The molecule has 2 unspecified atom stereocenters. The molecule has 33 heavy (non-hydrogen) atoms. The zero-order valence-corrected chi connectivity index (χ0v) is 20.4. The number of rotatable bonds is 5. The Balaban J connectivity index is 1.65. The van der Waals surface area contributed by atoms with Gasteiger partial charge in [-0.05, 0) is 69.4 Å². The van der Waals surface area contributed by atoms with Crippen LogP contribution >= 0.6 is 0 Å². The van der Waals surface area contributed by atoms with Crippen molar-refractivity contribution in [3.8, 4) is 0 Å². The summed E-state index contributed by atoms with van der Waals surface area (Å²) in [5, 5.41) is 4.80. The van der Waals surface area contributed by atoms with Gasteiger partial charge in [0.25, 0.3) is 5.91 Å².